The van der Waals surface area contributed by atoms with Crippen LogP contribution in [-0.4, -0.2) is 38.3 Å². The third kappa shape index (κ3) is 3.80. The van der Waals surface area contributed by atoms with Gasteiger partial charge in [-0.3, -0.25) is 9.19 Å². The largest absolute Gasteiger partial charge is 0.478 e. The molecule has 2 atom stereocenters. The van der Waals surface area contributed by atoms with E-state index in [0.29, 0.717) is 17.1 Å². The molecule has 2 unspecified atom stereocenters. The highest BCUT2D eigenvalue weighted by Gasteiger charge is 2.17. The smallest absolute Gasteiger partial charge is 0.339 e. The molecule has 6 heteroatoms. The molecule has 1 heterocycles. The highest BCUT2D eigenvalue weighted by atomic mass is 32.2. The molecular weight excluding hydrogens is 252 g/mol. The van der Waals surface area contributed by atoms with Gasteiger partial charge >= 0.3 is 5.97 Å². The van der Waals surface area contributed by atoms with Crippen molar-refractivity contribution in [2.75, 3.05) is 17.3 Å². The van der Waals surface area contributed by atoms with Crippen LogP contribution in [0.5, 0.6) is 0 Å². The molecule has 0 aliphatic rings. The highest BCUT2D eigenvalue weighted by molar-refractivity contribution is 7.84. The maximum absolute atomic E-state index is 11.2. The van der Waals surface area contributed by atoms with Gasteiger partial charge in [-0.05, 0) is 26.8 Å². The van der Waals surface area contributed by atoms with E-state index in [1.807, 2.05) is 13.8 Å². The Morgan fingerprint density at radius 2 is 2.17 bits per heavy atom. The van der Waals surface area contributed by atoms with Crippen molar-refractivity contribution in [3.63, 3.8) is 0 Å². The third-order valence-corrected chi connectivity index (χ3v) is 3.40. The summed E-state index contributed by atoms with van der Waals surface area (Å²) in [5, 5.41) is 12.3. The number of aromatic nitrogens is 1. The predicted molar refractivity (Wildman–Crippen MR) is 72.7 cm³/mol. The Morgan fingerprint density at radius 1 is 1.56 bits per heavy atom. The second-order valence-corrected chi connectivity index (χ2v) is 5.84. The SMILES string of the molecule is Cc1cc(NC(C)CS(C)=O)c(C(=O)O)c(C)n1. The average Bonchev–Trinajstić information content (AvgIpc) is 2.12. The molecule has 1 aromatic heterocycles. The van der Waals surface area contributed by atoms with E-state index >= 15 is 0 Å². The number of nitrogens with one attached hydrogen (secondary N) is 1. The monoisotopic (exact) mass is 270 g/mol. The molecule has 0 amide bonds. The van der Waals surface area contributed by atoms with Gasteiger partial charge in [0.25, 0.3) is 0 Å². The predicted octanol–water partition coefficient (Wildman–Crippen LogP) is 1.58. The van der Waals surface area contributed by atoms with Crippen molar-refractivity contribution >= 4 is 22.5 Å². The van der Waals surface area contributed by atoms with E-state index in [0.717, 1.165) is 5.69 Å². The molecule has 1 rings (SSSR count). The Bertz CT molecular complexity index is 488. The normalized spacial score (nSPS) is 14.0. The Balaban J connectivity index is 3.07. The number of carboxylic acids is 1. The first-order chi connectivity index (χ1) is 8.31. The molecule has 18 heavy (non-hydrogen) atoms. The molecule has 0 aliphatic carbocycles. The lowest BCUT2D eigenvalue weighted by Gasteiger charge is -2.17. The van der Waals surface area contributed by atoms with Gasteiger partial charge in [-0.2, -0.15) is 0 Å². The molecule has 0 fully saturated rings. The second-order valence-electron chi connectivity index (χ2n) is 4.36. The molecule has 0 bridgehead atoms. The van der Waals surface area contributed by atoms with Crippen LogP contribution in [0.2, 0.25) is 0 Å². The number of pyridine rings is 1. The summed E-state index contributed by atoms with van der Waals surface area (Å²) in [5.41, 5.74) is 1.94. The Labute approximate surface area is 109 Å². The zero-order chi connectivity index (χ0) is 13.9. The first-order valence-corrected chi connectivity index (χ1v) is 7.32. The summed E-state index contributed by atoms with van der Waals surface area (Å²) in [6, 6.07) is 1.64. The van der Waals surface area contributed by atoms with E-state index in [9.17, 15) is 14.1 Å². The summed E-state index contributed by atoms with van der Waals surface area (Å²) < 4.78 is 11.1. The fraction of sp³-hybridized carbons (Fsp3) is 0.500. The van der Waals surface area contributed by atoms with Gasteiger partial charge in [0.2, 0.25) is 0 Å². The molecule has 5 nitrogen and oxygen atoms in total. The summed E-state index contributed by atoms with van der Waals surface area (Å²) in [6.45, 7) is 5.36. The van der Waals surface area contributed by atoms with Gasteiger partial charge in [0.05, 0.1) is 11.4 Å². The first-order valence-electron chi connectivity index (χ1n) is 5.59. The Kier molecular flexibility index (Phi) is 4.84. The molecule has 0 aliphatic heterocycles. The number of hydrogen-bond donors (Lipinski definition) is 2. The van der Waals surface area contributed by atoms with Crippen molar-refractivity contribution < 1.29 is 14.1 Å². The number of carboxylic acid groups (broad SMARTS) is 1. The molecule has 0 aromatic carbocycles. The zero-order valence-corrected chi connectivity index (χ0v) is 11.8. The number of aromatic carboxylic acids is 1. The van der Waals surface area contributed by atoms with Gasteiger partial charge in [-0.15, -0.1) is 0 Å². The van der Waals surface area contributed by atoms with Gasteiger partial charge < -0.3 is 10.4 Å². The topological polar surface area (TPSA) is 79.3 Å². The second kappa shape index (κ2) is 5.95. The fourth-order valence-electron chi connectivity index (χ4n) is 1.87. The number of carbonyl (C=O) groups is 1. The fourth-order valence-corrected chi connectivity index (χ4v) is 2.66. The zero-order valence-electron chi connectivity index (χ0n) is 11.0. The number of anilines is 1. The van der Waals surface area contributed by atoms with Crippen molar-refractivity contribution in [3.8, 4) is 0 Å². The van der Waals surface area contributed by atoms with Gasteiger partial charge in [-0.1, -0.05) is 0 Å². The van der Waals surface area contributed by atoms with Crippen LogP contribution in [0, 0.1) is 13.8 Å². The van der Waals surface area contributed by atoms with Crippen LogP contribution in [0.4, 0.5) is 5.69 Å². The summed E-state index contributed by atoms with van der Waals surface area (Å²) in [4.78, 5) is 15.4. The van der Waals surface area contributed by atoms with Gasteiger partial charge in [0.1, 0.15) is 5.56 Å². The van der Waals surface area contributed by atoms with E-state index < -0.39 is 16.8 Å². The van der Waals surface area contributed by atoms with Crippen molar-refractivity contribution in [1.82, 2.24) is 4.98 Å². The minimum absolute atomic E-state index is 0.0601. The quantitative estimate of drug-likeness (QED) is 0.849. The third-order valence-electron chi connectivity index (χ3n) is 2.43. The minimum atomic E-state index is -1.01. The van der Waals surface area contributed by atoms with E-state index in [1.165, 1.54) is 0 Å². The van der Waals surface area contributed by atoms with Crippen LogP contribution >= 0.6 is 0 Å². The molecule has 0 radical (unpaired) electrons. The van der Waals surface area contributed by atoms with E-state index in [1.54, 1.807) is 19.2 Å². The molecule has 2 N–H and O–H groups in total. The summed E-state index contributed by atoms with van der Waals surface area (Å²) in [7, 11) is -0.923. The molecule has 1 aromatic rings. The van der Waals surface area contributed by atoms with E-state index in [4.69, 9.17) is 0 Å². The Hall–Kier alpha value is -1.43. The minimum Gasteiger partial charge on any atom is -0.478 e. The first kappa shape index (κ1) is 14.6. The van der Waals surface area contributed by atoms with Crippen molar-refractivity contribution in [3.05, 3.63) is 23.0 Å². The Morgan fingerprint density at radius 3 is 2.67 bits per heavy atom. The standard InChI is InChI=1S/C12H18N2O3S/c1-7-5-10(14-8(2)6-18(4)17)11(12(15)16)9(3)13-7/h5,8H,6H2,1-4H3,(H,13,14)(H,15,16). The van der Waals surface area contributed by atoms with Gasteiger partial charge in [-0.25, -0.2) is 4.79 Å². The molecular formula is C12H18N2O3S. The maximum Gasteiger partial charge on any atom is 0.339 e. The summed E-state index contributed by atoms with van der Waals surface area (Å²) >= 11 is 0. The average molecular weight is 270 g/mol. The van der Waals surface area contributed by atoms with Crippen molar-refractivity contribution in [2.24, 2.45) is 0 Å². The van der Waals surface area contributed by atoms with Crippen LogP contribution in [0.15, 0.2) is 6.07 Å². The number of rotatable bonds is 5. The van der Waals surface area contributed by atoms with Crippen LogP contribution < -0.4 is 5.32 Å². The lowest BCUT2D eigenvalue weighted by atomic mass is 10.1. The van der Waals surface area contributed by atoms with Crippen molar-refractivity contribution in [2.45, 2.75) is 26.8 Å². The lowest BCUT2D eigenvalue weighted by molar-refractivity contribution is 0.0696. The molecule has 100 valence electrons. The number of nitrogens with zero attached hydrogens (tertiary/aromatic N) is 1. The van der Waals surface area contributed by atoms with E-state index in [2.05, 4.69) is 10.3 Å². The van der Waals surface area contributed by atoms with Crippen LogP contribution in [0.25, 0.3) is 0 Å². The molecule has 0 saturated carbocycles. The van der Waals surface area contributed by atoms with Crippen LogP contribution in [-0.2, 0) is 10.8 Å². The van der Waals surface area contributed by atoms with E-state index in [-0.39, 0.29) is 11.6 Å². The molecule has 0 saturated heterocycles. The van der Waals surface area contributed by atoms with Gasteiger partial charge in [0, 0.05) is 34.5 Å². The maximum atomic E-state index is 11.2. The summed E-state index contributed by atoms with van der Waals surface area (Å²) in [6.07, 6.45) is 1.62. The van der Waals surface area contributed by atoms with Crippen molar-refractivity contribution in [1.29, 1.82) is 0 Å². The number of hydrogen-bond acceptors (Lipinski definition) is 4. The van der Waals surface area contributed by atoms with Crippen LogP contribution in [0.3, 0.4) is 0 Å². The van der Waals surface area contributed by atoms with Crippen LogP contribution in [0.1, 0.15) is 28.7 Å². The highest BCUT2D eigenvalue weighted by Crippen LogP contribution is 2.20. The summed E-state index contributed by atoms with van der Waals surface area (Å²) in [5.74, 6) is -0.535. The number of aryl methyl sites for hydroxylation is 2. The van der Waals surface area contributed by atoms with Gasteiger partial charge in [0.15, 0.2) is 0 Å². The lowest BCUT2D eigenvalue weighted by Crippen LogP contribution is -2.24. The molecule has 0 spiro atoms.